The van der Waals surface area contributed by atoms with Crippen LogP contribution in [0.25, 0.3) is 0 Å². The lowest BCUT2D eigenvalue weighted by Crippen LogP contribution is -2.41. The Bertz CT molecular complexity index is 473. The standard InChI is InChI=1S/C15H24N4O2/c1-3-16-14-10-12(2)18-11-13(14)15(20)17-4-5-19-6-8-21-9-7-19/h10-11H,3-9H2,1-2H3,(H,16,18)(H,17,20). The number of aromatic nitrogens is 1. The van der Waals surface area contributed by atoms with Crippen molar-refractivity contribution in [2.24, 2.45) is 0 Å². The monoisotopic (exact) mass is 292 g/mol. The van der Waals surface area contributed by atoms with Crippen LogP contribution in [0.2, 0.25) is 0 Å². The molecule has 0 aliphatic carbocycles. The van der Waals surface area contributed by atoms with Gasteiger partial charge in [0.2, 0.25) is 0 Å². The van der Waals surface area contributed by atoms with Crippen LogP contribution in [0.3, 0.4) is 0 Å². The van der Waals surface area contributed by atoms with Gasteiger partial charge in [-0.25, -0.2) is 0 Å². The zero-order valence-corrected chi connectivity index (χ0v) is 12.8. The number of carbonyl (C=O) groups is 1. The fourth-order valence-electron chi connectivity index (χ4n) is 2.33. The smallest absolute Gasteiger partial charge is 0.254 e. The van der Waals surface area contributed by atoms with Crippen LogP contribution in [0, 0.1) is 6.92 Å². The van der Waals surface area contributed by atoms with Crippen molar-refractivity contribution >= 4 is 11.6 Å². The molecule has 6 heteroatoms. The normalized spacial score (nSPS) is 15.7. The van der Waals surface area contributed by atoms with Crippen molar-refractivity contribution in [1.29, 1.82) is 0 Å². The predicted octanol–water partition coefficient (Wildman–Crippen LogP) is 0.884. The molecule has 0 spiro atoms. The molecule has 2 rings (SSSR count). The van der Waals surface area contributed by atoms with Gasteiger partial charge in [0.25, 0.3) is 5.91 Å². The van der Waals surface area contributed by atoms with Crippen molar-refractivity contribution in [2.45, 2.75) is 13.8 Å². The van der Waals surface area contributed by atoms with Gasteiger partial charge >= 0.3 is 0 Å². The summed E-state index contributed by atoms with van der Waals surface area (Å²) >= 11 is 0. The van der Waals surface area contributed by atoms with E-state index in [4.69, 9.17) is 4.74 Å². The molecule has 2 N–H and O–H groups in total. The summed E-state index contributed by atoms with van der Waals surface area (Å²) in [7, 11) is 0. The maximum atomic E-state index is 12.3. The maximum Gasteiger partial charge on any atom is 0.254 e. The fourth-order valence-corrected chi connectivity index (χ4v) is 2.33. The number of rotatable bonds is 6. The van der Waals surface area contributed by atoms with Crippen LogP contribution in [-0.4, -0.2) is 61.7 Å². The molecule has 0 aromatic carbocycles. The Kier molecular flexibility index (Phi) is 5.95. The van der Waals surface area contributed by atoms with Gasteiger partial charge in [0, 0.05) is 44.6 Å². The second-order valence-corrected chi connectivity index (χ2v) is 5.11. The summed E-state index contributed by atoms with van der Waals surface area (Å²) in [5, 5.41) is 6.17. The first-order valence-electron chi connectivity index (χ1n) is 7.49. The van der Waals surface area contributed by atoms with Gasteiger partial charge < -0.3 is 15.4 Å². The molecule has 21 heavy (non-hydrogen) atoms. The van der Waals surface area contributed by atoms with Gasteiger partial charge in [-0.15, -0.1) is 0 Å². The van der Waals surface area contributed by atoms with Gasteiger partial charge in [-0.3, -0.25) is 14.7 Å². The van der Waals surface area contributed by atoms with E-state index in [1.165, 1.54) is 0 Å². The van der Waals surface area contributed by atoms with Gasteiger partial charge in [-0.2, -0.15) is 0 Å². The van der Waals surface area contributed by atoms with Crippen molar-refractivity contribution < 1.29 is 9.53 Å². The van der Waals surface area contributed by atoms with E-state index in [1.807, 2.05) is 19.9 Å². The van der Waals surface area contributed by atoms with E-state index < -0.39 is 0 Å². The third-order valence-corrected chi connectivity index (χ3v) is 3.47. The van der Waals surface area contributed by atoms with Gasteiger partial charge in [-0.05, 0) is 19.9 Å². The average Bonchev–Trinajstić information content (AvgIpc) is 2.49. The number of amides is 1. The van der Waals surface area contributed by atoms with Crippen LogP contribution in [0.4, 0.5) is 5.69 Å². The lowest BCUT2D eigenvalue weighted by atomic mass is 10.2. The van der Waals surface area contributed by atoms with E-state index in [-0.39, 0.29) is 5.91 Å². The second-order valence-electron chi connectivity index (χ2n) is 5.11. The lowest BCUT2D eigenvalue weighted by Gasteiger charge is -2.26. The highest BCUT2D eigenvalue weighted by molar-refractivity contribution is 5.99. The molecule has 1 saturated heterocycles. The number of pyridine rings is 1. The lowest BCUT2D eigenvalue weighted by molar-refractivity contribution is 0.0383. The first-order valence-corrected chi connectivity index (χ1v) is 7.49. The molecule has 1 fully saturated rings. The third kappa shape index (κ3) is 4.68. The molecular formula is C15H24N4O2. The Morgan fingerprint density at radius 1 is 1.43 bits per heavy atom. The molecule has 1 aromatic rings. The Morgan fingerprint density at radius 3 is 2.90 bits per heavy atom. The molecule has 0 saturated carbocycles. The van der Waals surface area contributed by atoms with E-state index in [2.05, 4.69) is 20.5 Å². The summed E-state index contributed by atoms with van der Waals surface area (Å²) in [6, 6.07) is 1.90. The Hall–Kier alpha value is -1.66. The van der Waals surface area contributed by atoms with E-state index in [9.17, 15) is 4.79 Å². The van der Waals surface area contributed by atoms with Crippen molar-refractivity contribution in [1.82, 2.24) is 15.2 Å². The Morgan fingerprint density at radius 2 is 2.19 bits per heavy atom. The molecule has 6 nitrogen and oxygen atoms in total. The summed E-state index contributed by atoms with van der Waals surface area (Å²) in [4.78, 5) is 18.8. The van der Waals surface area contributed by atoms with Crippen molar-refractivity contribution in [3.8, 4) is 0 Å². The van der Waals surface area contributed by atoms with Crippen LogP contribution >= 0.6 is 0 Å². The summed E-state index contributed by atoms with van der Waals surface area (Å²) < 4.78 is 5.30. The van der Waals surface area contributed by atoms with Crippen LogP contribution in [0.5, 0.6) is 0 Å². The molecule has 0 bridgehead atoms. The molecule has 0 unspecified atom stereocenters. The summed E-state index contributed by atoms with van der Waals surface area (Å²) in [6.45, 7) is 9.62. The van der Waals surface area contributed by atoms with E-state index in [0.29, 0.717) is 12.1 Å². The van der Waals surface area contributed by atoms with Crippen LogP contribution in [-0.2, 0) is 4.74 Å². The SMILES string of the molecule is CCNc1cc(C)ncc1C(=O)NCCN1CCOCC1. The molecular weight excluding hydrogens is 268 g/mol. The molecule has 1 amide bonds. The number of nitrogens with one attached hydrogen (secondary N) is 2. The summed E-state index contributed by atoms with van der Waals surface area (Å²) in [6.07, 6.45) is 1.64. The fraction of sp³-hybridized carbons (Fsp3) is 0.600. The highest BCUT2D eigenvalue weighted by Gasteiger charge is 2.13. The second kappa shape index (κ2) is 7.95. The topological polar surface area (TPSA) is 66.5 Å². The Balaban J connectivity index is 1.87. The summed E-state index contributed by atoms with van der Waals surface area (Å²) in [5.74, 6) is -0.0771. The zero-order valence-electron chi connectivity index (χ0n) is 12.8. The molecule has 1 aromatic heterocycles. The summed E-state index contributed by atoms with van der Waals surface area (Å²) in [5.41, 5.74) is 2.34. The molecule has 1 aliphatic heterocycles. The first kappa shape index (κ1) is 15.7. The van der Waals surface area contributed by atoms with E-state index >= 15 is 0 Å². The highest BCUT2D eigenvalue weighted by atomic mass is 16.5. The third-order valence-electron chi connectivity index (χ3n) is 3.47. The number of hydrogen-bond acceptors (Lipinski definition) is 5. The average molecular weight is 292 g/mol. The minimum absolute atomic E-state index is 0.0771. The molecule has 1 aliphatic rings. The molecule has 2 heterocycles. The number of morpholine rings is 1. The predicted molar refractivity (Wildman–Crippen MR) is 82.7 cm³/mol. The zero-order chi connectivity index (χ0) is 15.1. The number of hydrogen-bond donors (Lipinski definition) is 2. The van der Waals surface area contributed by atoms with Crippen molar-refractivity contribution in [3.63, 3.8) is 0 Å². The molecule has 0 radical (unpaired) electrons. The van der Waals surface area contributed by atoms with Gasteiger partial charge in [0.1, 0.15) is 0 Å². The van der Waals surface area contributed by atoms with Gasteiger partial charge in [0.15, 0.2) is 0 Å². The minimum atomic E-state index is -0.0771. The van der Waals surface area contributed by atoms with Gasteiger partial charge in [-0.1, -0.05) is 0 Å². The quantitative estimate of drug-likeness (QED) is 0.815. The van der Waals surface area contributed by atoms with Crippen molar-refractivity contribution in [3.05, 3.63) is 23.5 Å². The van der Waals surface area contributed by atoms with Crippen LogP contribution < -0.4 is 10.6 Å². The highest BCUT2D eigenvalue weighted by Crippen LogP contribution is 2.15. The molecule has 116 valence electrons. The first-order chi connectivity index (χ1) is 10.2. The minimum Gasteiger partial charge on any atom is -0.385 e. The van der Waals surface area contributed by atoms with E-state index in [1.54, 1.807) is 6.20 Å². The van der Waals surface area contributed by atoms with Gasteiger partial charge in [0.05, 0.1) is 24.5 Å². The number of aryl methyl sites for hydroxylation is 1. The molecule has 0 atom stereocenters. The number of anilines is 1. The number of nitrogens with zero attached hydrogens (tertiary/aromatic N) is 2. The van der Waals surface area contributed by atoms with Crippen LogP contribution in [0.1, 0.15) is 23.0 Å². The maximum absolute atomic E-state index is 12.3. The Labute approximate surface area is 125 Å². The van der Waals surface area contributed by atoms with E-state index in [0.717, 1.165) is 50.8 Å². The largest absolute Gasteiger partial charge is 0.385 e. The number of ether oxygens (including phenoxy) is 1. The van der Waals surface area contributed by atoms with Crippen molar-refractivity contribution in [2.75, 3.05) is 51.3 Å². The number of carbonyl (C=O) groups excluding carboxylic acids is 1. The van der Waals surface area contributed by atoms with Crippen LogP contribution in [0.15, 0.2) is 12.3 Å².